The number of carbonyl (C=O) groups excluding carboxylic acids is 2. The molecule has 0 aliphatic rings. The Morgan fingerprint density at radius 3 is 0.897 bits per heavy atom. The average molecular weight is 1230 g/mol. The van der Waals surface area contributed by atoms with Crippen LogP contribution >= 0.6 is 0 Å². The SMILES string of the molecule is CCCCC/C=C\C/C=C\CCCCCCCCCCCC(=O)OCCCCCCCCCCCCCCCCCCCCCCCCCCCCCCCCCCCCCCCCCC(=O)NC(CO)C(O)CCCCCCCCCCCCCC. The molecule has 0 radical (unpaired) electrons. The molecule has 516 valence electrons. The van der Waals surface area contributed by atoms with E-state index in [1.54, 1.807) is 0 Å². The van der Waals surface area contributed by atoms with Crippen molar-refractivity contribution >= 4 is 11.9 Å². The molecule has 0 bridgehead atoms. The first-order chi connectivity index (χ1) is 43.0. The minimum atomic E-state index is -0.658. The summed E-state index contributed by atoms with van der Waals surface area (Å²) in [5.41, 5.74) is 0. The van der Waals surface area contributed by atoms with Crippen molar-refractivity contribution in [2.45, 2.75) is 469 Å². The zero-order valence-corrected chi connectivity index (χ0v) is 59.3. The summed E-state index contributed by atoms with van der Waals surface area (Å²) in [6, 6.07) is -0.535. The van der Waals surface area contributed by atoms with Crippen LogP contribution in [0.25, 0.3) is 0 Å². The van der Waals surface area contributed by atoms with Gasteiger partial charge in [0.25, 0.3) is 0 Å². The van der Waals surface area contributed by atoms with Gasteiger partial charge in [0.15, 0.2) is 0 Å². The summed E-state index contributed by atoms with van der Waals surface area (Å²) in [4.78, 5) is 24.6. The van der Waals surface area contributed by atoms with Crippen molar-refractivity contribution in [2.75, 3.05) is 13.2 Å². The molecular formula is C81H157NO5. The third-order valence-corrected chi connectivity index (χ3v) is 19.0. The van der Waals surface area contributed by atoms with Crippen molar-refractivity contribution in [1.82, 2.24) is 5.32 Å². The summed E-state index contributed by atoms with van der Waals surface area (Å²) >= 11 is 0. The van der Waals surface area contributed by atoms with Gasteiger partial charge in [0.2, 0.25) is 5.91 Å². The van der Waals surface area contributed by atoms with E-state index in [-0.39, 0.29) is 18.5 Å². The van der Waals surface area contributed by atoms with Crippen LogP contribution in [0.1, 0.15) is 457 Å². The van der Waals surface area contributed by atoms with Gasteiger partial charge in [-0.05, 0) is 57.8 Å². The predicted octanol–water partition coefficient (Wildman–Crippen LogP) is 26.4. The van der Waals surface area contributed by atoms with Crippen molar-refractivity contribution in [3.63, 3.8) is 0 Å². The van der Waals surface area contributed by atoms with E-state index in [0.717, 1.165) is 44.9 Å². The number of carbonyl (C=O) groups is 2. The maximum atomic E-state index is 12.5. The second kappa shape index (κ2) is 76.8. The van der Waals surface area contributed by atoms with E-state index in [2.05, 4.69) is 43.5 Å². The second-order valence-corrected chi connectivity index (χ2v) is 27.8. The lowest BCUT2D eigenvalue weighted by atomic mass is 10.0. The molecule has 87 heavy (non-hydrogen) atoms. The highest BCUT2D eigenvalue weighted by molar-refractivity contribution is 5.76. The molecule has 3 N–H and O–H groups in total. The molecule has 0 aromatic rings. The largest absolute Gasteiger partial charge is 0.466 e. The number of unbranched alkanes of at least 4 members (excludes halogenated alkanes) is 61. The van der Waals surface area contributed by atoms with Crippen LogP contribution in [0.3, 0.4) is 0 Å². The van der Waals surface area contributed by atoms with Crippen molar-refractivity contribution in [3.8, 4) is 0 Å². The van der Waals surface area contributed by atoms with E-state index in [1.165, 1.54) is 379 Å². The Morgan fingerprint density at radius 1 is 0.322 bits per heavy atom. The standard InChI is InChI=1S/C81H157NO5/c1-3-5-7-9-11-13-15-17-18-19-41-45-48-51-55-59-63-67-71-75-81(86)87-76-72-68-64-60-56-52-49-46-43-40-38-36-34-32-30-28-26-24-22-20-21-23-25-27-29-31-33-35-37-39-42-44-47-50-54-58-62-66-70-74-80(85)82-78(77-83)79(84)73-69-65-61-57-53-16-14-12-10-8-6-4-2/h11,13,17-18,78-79,83-84H,3-10,12,14-16,19-77H2,1-2H3,(H,82,85)/b13-11-,18-17-. The van der Waals surface area contributed by atoms with Crippen LogP contribution < -0.4 is 5.32 Å². The van der Waals surface area contributed by atoms with Crippen molar-refractivity contribution in [1.29, 1.82) is 0 Å². The molecule has 2 atom stereocenters. The smallest absolute Gasteiger partial charge is 0.305 e. The summed E-state index contributed by atoms with van der Waals surface area (Å²) in [5, 5.41) is 23.3. The number of hydrogen-bond acceptors (Lipinski definition) is 5. The fraction of sp³-hybridized carbons (Fsp3) is 0.926. The fourth-order valence-electron chi connectivity index (χ4n) is 12.9. The highest BCUT2D eigenvalue weighted by atomic mass is 16.5. The quantitative estimate of drug-likeness (QED) is 0.0320. The number of aliphatic hydroxyl groups excluding tert-OH is 2. The van der Waals surface area contributed by atoms with E-state index in [0.29, 0.717) is 25.9 Å². The van der Waals surface area contributed by atoms with Gasteiger partial charge in [0, 0.05) is 12.8 Å². The third-order valence-electron chi connectivity index (χ3n) is 19.0. The lowest BCUT2D eigenvalue weighted by Crippen LogP contribution is -2.45. The average Bonchev–Trinajstić information content (AvgIpc) is 3.54. The first-order valence-electron chi connectivity index (χ1n) is 40.1. The molecule has 0 aromatic carbocycles. The number of rotatable bonds is 76. The van der Waals surface area contributed by atoms with Gasteiger partial charge in [-0.3, -0.25) is 9.59 Å². The molecule has 0 spiro atoms. The molecule has 0 fully saturated rings. The van der Waals surface area contributed by atoms with Crippen LogP contribution in [0.5, 0.6) is 0 Å². The molecule has 0 saturated carbocycles. The van der Waals surface area contributed by atoms with Gasteiger partial charge in [-0.25, -0.2) is 0 Å². The molecule has 0 saturated heterocycles. The summed E-state index contributed by atoms with van der Waals surface area (Å²) in [6.07, 6.45) is 98.7. The summed E-state index contributed by atoms with van der Waals surface area (Å²) in [7, 11) is 0. The number of esters is 1. The minimum absolute atomic E-state index is 0.0211. The summed E-state index contributed by atoms with van der Waals surface area (Å²) < 4.78 is 5.52. The van der Waals surface area contributed by atoms with E-state index in [1.807, 2.05) is 0 Å². The molecule has 0 heterocycles. The third kappa shape index (κ3) is 73.3. The molecule has 1 amide bonds. The maximum absolute atomic E-state index is 12.5. The van der Waals surface area contributed by atoms with Gasteiger partial charge >= 0.3 is 5.97 Å². The molecule has 0 aromatic heterocycles. The number of aliphatic hydroxyl groups is 2. The lowest BCUT2D eigenvalue weighted by molar-refractivity contribution is -0.143. The highest BCUT2D eigenvalue weighted by Crippen LogP contribution is 2.20. The van der Waals surface area contributed by atoms with Crippen molar-refractivity contribution in [2.24, 2.45) is 0 Å². The summed E-state index contributed by atoms with van der Waals surface area (Å²) in [6.45, 7) is 4.96. The first-order valence-corrected chi connectivity index (χ1v) is 40.1. The van der Waals surface area contributed by atoms with Gasteiger partial charge in [-0.15, -0.1) is 0 Å². The monoisotopic (exact) mass is 1220 g/mol. The van der Waals surface area contributed by atoms with E-state index < -0.39 is 12.1 Å². The maximum Gasteiger partial charge on any atom is 0.305 e. The Balaban J connectivity index is 3.26. The first kappa shape index (κ1) is 85.3. The van der Waals surface area contributed by atoms with E-state index >= 15 is 0 Å². The number of allylic oxidation sites excluding steroid dienone is 4. The molecule has 0 aliphatic heterocycles. The second-order valence-electron chi connectivity index (χ2n) is 27.8. The van der Waals surface area contributed by atoms with E-state index in [9.17, 15) is 19.8 Å². The van der Waals surface area contributed by atoms with Crippen molar-refractivity contribution in [3.05, 3.63) is 24.3 Å². The zero-order chi connectivity index (χ0) is 62.8. The number of nitrogens with one attached hydrogen (secondary N) is 1. The molecular weight excluding hydrogens is 1070 g/mol. The Labute approximate surface area is 545 Å². The van der Waals surface area contributed by atoms with Crippen LogP contribution in [-0.2, 0) is 14.3 Å². The molecule has 2 unspecified atom stereocenters. The van der Waals surface area contributed by atoms with Gasteiger partial charge in [-0.2, -0.15) is 0 Å². The van der Waals surface area contributed by atoms with Crippen LogP contribution in [0.15, 0.2) is 24.3 Å². The Kier molecular flexibility index (Phi) is 75.3. The van der Waals surface area contributed by atoms with Gasteiger partial charge in [0.1, 0.15) is 0 Å². The van der Waals surface area contributed by atoms with Crippen LogP contribution in [0.2, 0.25) is 0 Å². The normalized spacial score (nSPS) is 12.6. The summed E-state index contributed by atoms with van der Waals surface area (Å²) in [5.74, 6) is -0.00552. The Bertz CT molecular complexity index is 1360. The lowest BCUT2D eigenvalue weighted by Gasteiger charge is -2.22. The predicted molar refractivity (Wildman–Crippen MR) is 384 cm³/mol. The highest BCUT2D eigenvalue weighted by Gasteiger charge is 2.20. The number of hydrogen-bond donors (Lipinski definition) is 3. The molecule has 0 rings (SSSR count). The minimum Gasteiger partial charge on any atom is -0.466 e. The molecule has 6 heteroatoms. The number of ether oxygens (including phenoxy) is 1. The molecule has 0 aliphatic carbocycles. The topological polar surface area (TPSA) is 95.9 Å². The van der Waals surface area contributed by atoms with Gasteiger partial charge < -0.3 is 20.3 Å². The Morgan fingerprint density at radius 2 is 0.575 bits per heavy atom. The fourth-order valence-corrected chi connectivity index (χ4v) is 12.9. The van der Waals surface area contributed by atoms with Gasteiger partial charge in [0.05, 0.1) is 25.4 Å². The van der Waals surface area contributed by atoms with Crippen LogP contribution in [0.4, 0.5) is 0 Å². The Hall–Kier alpha value is -1.66. The zero-order valence-electron chi connectivity index (χ0n) is 59.3. The number of amides is 1. The van der Waals surface area contributed by atoms with Crippen LogP contribution in [-0.4, -0.2) is 47.4 Å². The van der Waals surface area contributed by atoms with Gasteiger partial charge in [-0.1, -0.05) is 411 Å². The van der Waals surface area contributed by atoms with Crippen LogP contribution in [0, 0.1) is 0 Å². The van der Waals surface area contributed by atoms with E-state index in [4.69, 9.17) is 4.74 Å². The molecule has 6 nitrogen and oxygen atoms in total. The van der Waals surface area contributed by atoms with Crippen molar-refractivity contribution < 1.29 is 24.5 Å².